The molecule has 0 aliphatic rings. The van der Waals surface area contributed by atoms with Gasteiger partial charge in [-0.3, -0.25) is 4.79 Å². The van der Waals surface area contributed by atoms with Crippen LogP contribution in [0.15, 0.2) is 18.2 Å². The summed E-state index contributed by atoms with van der Waals surface area (Å²) in [5.41, 5.74) is 4.39. The first-order chi connectivity index (χ1) is 8.71. The molecular formula is C12H15F3N2O2. The standard InChI is InChI=1S/C12H15F3N2O2/c1-17(2)11(18)5-6-19-10-4-3-8(16)7-9(10)12(13,14)15/h3-4,7H,5-6,16H2,1-2H3. The van der Waals surface area contributed by atoms with Crippen LogP contribution in [0.5, 0.6) is 5.75 Å². The van der Waals surface area contributed by atoms with Gasteiger partial charge in [-0.15, -0.1) is 0 Å². The number of amides is 1. The van der Waals surface area contributed by atoms with Gasteiger partial charge in [-0.05, 0) is 18.2 Å². The molecule has 0 aromatic heterocycles. The van der Waals surface area contributed by atoms with Crippen LogP contribution < -0.4 is 10.5 Å². The highest BCUT2D eigenvalue weighted by molar-refractivity contribution is 5.75. The Bertz CT molecular complexity index is 459. The number of nitrogen functional groups attached to an aromatic ring is 1. The van der Waals surface area contributed by atoms with Gasteiger partial charge in [0.1, 0.15) is 5.75 Å². The largest absolute Gasteiger partial charge is 0.492 e. The Morgan fingerprint density at radius 1 is 1.37 bits per heavy atom. The second-order valence-corrected chi connectivity index (χ2v) is 4.14. The molecule has 0 saturated carbocycles. The summed E-state index contributed by atoms with van der Waals surface area (Å²) in [5.74, 6) is -0.544. The minimum Gasteiger partial charge on any atom is -0.492 e. The van der Waals surface area contributed by atoms with Crippen molar-refractivity contribution in [3.8, 4) is 5.75 Å². The van der Waals surface area contributed by atoms with E-state index in [9.17, 15) is 18.0 Å². The van der Waals surface area contributed by atoms with Crippen LogP contribution in [-0.4, -0.2) is 31.5 Å². The van der Waals surface area contributed by atoms with Gasteiger partial charge in [-0.25, -0.2) is 0 Å². The van der Waals surface area contributed by atoms with E-state index in [-0.39, 0.29) is 30.4 Å². The van der Waals surface area contributed by atoms with E-state index in [4.69, 9.17) is 10.5 Å². The second-order valence-electron chi connectivity index (χ2n) is 4.14. The Labute approximate surface area is 108 Å². The molecule has 1 aromatic rings. The molecule has 0 spiro atoms. The molecule has 0 aliphatic carbocycles. The summed E-state index contributed by atoms with van der Waals surface area (Å²) >= 11 is 0. The van der Waals surface area contributed by atoms with Gasteiger partial charge in [0.05, 0.1) is 18.6 Å². The molecule has 2 N–H and O–H groups in total. The van der Waals surface area contributed by atoms with Crippen molar-refractivity contribution in [3.63, 3.8) is 0 Å². The number of hydrogen-bond donors (Lipinski definition) is 1. The highest BCUT2D eigenvalue weighted by atomic mass is 19.4. The van der Waals surface area contributed by atoms with Gasteiger partial charge in [-0.2, -0.15) is 13.2 Å². The maximum Gasteiger partial charge on any atom is 0.420 e. The smallest absolute Gasteiger partial charge is 0.420 e. The van der Waals surface area contributed by atoms with Crippen molar-refractivity contribution in [1.29, 1.82) is 0 Å². The van der Waals surface area contributed by atoms with Gasteiger partial charge < -0.3 is 15.4 Å². The van der Waals surface area contributed by atoms with Crippen LogP contribution in [-0.2, 0) is 11.0 Å². The molecular weight excluding hydrogens is 261 g/mol. The number of alkyl halides is 3. The number of nitrogens with two attached hydrogens (primary N) is 1. The van der Waals surface area contributed by atoms with Crippen molar-refractivity contribution in [2.75, 3.05) is 26.4 Å². The quantitative estimate of drug-likeness (QED) is 0.857. The summed E-state index contributed by atoms with van der Waals surface area (Å²) in [7, 11) is 3.12. The van der Waals surface area contributed by atoms with Gasteiger partial charge >= 0.3 is 6.18 Å². The maximum atomic E-state index is 12.7. The summed E-state index contributed by atoms with van der Waals surface area (Å²) in [5, 5.41) is 0. The van der Waals surface area contributed by atoms with E-state index in [1.165, 1.54) is 11.0 Å². The molecule has 0 radical (unpaired) electrons. The van der Waals surface area contributed by atoms with Gasteiger partial charge in [-0.1, -0.05) is 0 Å². The first kappa shape index (κ1) is 15.1. The first-order valence-corrected chi connectivity index (χ1v) is 5.51. The molecule has 0 aliphatic heterocycles. The van der Waals surface area contributed by atoms with Crippen molar-refractivity contribution < 1.29 is 22.7 Å². The number of rotatable bonds is 4. The molecule has 0 fully saturated rings. The topological polar surface area (TPSA) is 55.6 Å². The lowest BCUT2D eigenvalue weighted by molar-refractivity contribution is -0.138. The zero-order valence-electron chi connectivity index (χ0n) is 10.6. The molecule has 1 aromatic carbocycles. The number of hydrogen-bond acceptors (Lipinski definition) is 3. The minimum atomic E-state index is -4.55. The number of nitrogens with zero attached hydrogens (tertiary/aromatic N) is 1. The van der Waals surface area contributed by atoms with E-state index >= 15 is 0 Å². The summed E-state index contributed by atoms with van der Waals surface area (Å²) in [4.78, 5) is 12.6. The number of benzene rings is 1. The molecule has 106 valence electrons. The second kappa shape index (κ2) is 5.81. The van der Waals surface area contributed by atoms with E-state index < -0.39 is 11.7 Å². The normalized spacial score (nSPS) is 11.2. The lowest BCUT2D eigenvalue weighted by Crippen LogP contribution is -2.23. The van der Waals surface area contributed by atoms with Gasteiger partial charge in [0, 0.05) is 19.8 Å². The molecule has 0 bridgehead atoms. The average molecular weight is 276 g/mol. The van der Waals surface area contributed by atoms with E-state index in [1.54, 1.807) is 14.1 Å². The van der Waals surface area contributed by atoms with Crippen LogP contribution in [0, 0.1) is 0 Å². The molecule has 0 saturated heterocycles. The van der Waals surface area contributed by atoms with Crippen LogP contribution >= 0.6 is 0 Å². The Morgan fingerprint density at radius 2 is 2.00 bits per heavy atom. The Kier molecular flexibility index (Phi) is 4.63. The monoisotopic (exact) mass is 276 g/mol. The van der Waals surface area contributed by atoms with Crippen LogP contribution in [0.2, 0.25) is 0 Å². The van der Waals surface area contributed by atoms with E-state index in [2.05, 4.69) is 0 Å². The SMILES string of the molecule is CN(C)C(=O)CCOc1ccc(N)cc1C(F)(F)F. The van der Waals surface area contributed by atoms with Crippen LogP contribution in [0.25, 0.3) is 0 Å². The third-order valence-electron chi connectivity index (χ3n) is 2.38. The third kappa shape index (κ3) is 4.35. The molecule has 1 rings (SSSR count). The number of ether oxygens (including phenoxy) is 1. The van der Waals surface area contributed by atoms with Crippen LogP contribution in [0.3, 0.4) is 0 Å². The fourth-order valence-electron chi connectivity index (χ4n) is 1.37. The molecule has 0 atom stereocenters. The third-order valence-corrected chi connectivity index (χ3v) is 2.38. The van der Waals surface area contributed by atoms with E-state index in [1.807, 2.05) is 0 Å². The molecule has 4 nitrogen and oxygen atoms in total. The van der Waals surface area contributed by atoms with Crippen molar-refractivity contribution in [1.82, 2.24) is 4.90 Å². The number of carbonyl (C=O) groups is 1. The minimum absolute atomic E-state index is 0.00374. The van der Waals surface area contributed by atoms with Crippen molar-refractivity contribution in [2.24, 2.45) is 0 Å². The molecule has 7 heteroatoms. The van der Waals surface area contributed by atoms with Gasteiger partial charge in [0.25, 0.3) is 0 Å². The average Bonchev–Trinajstić information content (AvgIpc) is 2.29. The fraction of sp³-hybridized carbons (Fsp3) is 0.417. The molecule has 19 heavy (non-hydrogen) atoms. The first-order valence-electron chi connectivity index (χ1n) is 5.51. The predicted molar refractivity (Wildman–Crippen MR) is 64.7 cm³/mol. The molecule has 0 unspecified atom stereocenters. The Balaban J connectivity index is 2.76. The summed E-state index contributed by atoms with van der Waals surface area (Å²) in [6.07, 6.45) is -4.54. The molecule has 1 amide bonds. The number of anilines is 1. The predicted octanol–water partition coefficient (Wildman–Crippen LogP) is 2.14. The lowest BCUT2D eigenvalue weighted by Gasteiger charge is -2.15. The summed E-state index contributed by atoms with van der Waals surface area (Å²) < 4.78 is 43.2. The van der Waals surface area contributed by atoms with Crippen molar-refractivity contribution in [2.45, 2.75) is 12.6 Å². The van der Waals surface area contributed by atoms with Crippen molar-refractivity contribution >= 4 is 11.6 Å². The Hall–Kier alpha value is -1.92. The Morgan fingerprint density at radius 3 is 2.53 bits per heavy atom. The maximum absolute atomic E-state index is 12.7. The highest BCUT2D eigenvalue weighted by Crippen LogP contribution is 2.37. The summed E-state index contributed by atoms with van der Waals surface area (Å²) in [6.45, 7) is -0.121. The zero-order valence-corrected chi connectivity index (χ0v) is 10.6. The van der Waals surface area contributed by atoms with E-state index in [0.29, 0.717) is 0 Å². The van der Waals surface area contributed by atoms with Gasteiger partial charge in [0.2, 0.25) is 5.91 Å². The van der Waals surface area contributed by atoms with E-state index in [0.717, 1.165) is 12.1 Å². The summed E-state index contributed by atoms with van der Waals surface area (Å²) in [6, 6.07) is 3.28. The number of carbonyl (C=O) groups excluding carboxylic acids is 1. The van der Waals surface area contributed by atoms with Crippen molar-refractivity contribution in [3.05, 3.63) is 23.8 Å². The number of halogens is 3. The van der Waals surface area contributed by atoms with Gasteiger partial charge in [0.15, 0.2) is 0 Å². The lowest BCUT2D eigenvalue weighted by atomic mass is 10.1. The highest BCUT2D eigenvalue weighted by Gasteiger charge is 2.34. The molecule has 0 heterocycles. The van der Waals surface area contributed by atoms with Crippen LogP contribution in [0.4, 0.5) is 18.9 Å². The fourth-order valence-corrected chi connectivity index (χ4v) is 1.37. The van der Waals surface area contributed by atoms with Crippen LogP contribution in [0.1, 0.15) is 12.0 Å². The zero-order chi connectivity index (χ0) is 14.6.